The topological polar surface area (TPSA) is 114 Å². The van der Waals surface area contributed by atoms with Crippen LogP contribution >= 0.6 is 11.3 Å². The molecule has 4 rings (SSSR count). The Balaban J connectivity index is 1.26. The van der Waals surface area contributed by atoms with Gasteiger partial charge in [-0.1, -0.05) is 12.1 Å². The van der Waals surface area contributed by atoms with E-state index in [1.165, 1.54) is 11.3 Å². The lowest BCUT2D eigenvalue weighted by molar-refractivity contribution is -0.143. The predicted molar refractivity (Wildman–Crippen MR) is 111 cm³/mol. The molecule has 1 atom stereocenters. The molecule has 3 amide bonds. The van der Waals surface area contributed by atoms with Crippen molar-refractivity contribution >= 4 is 34.1 Å². The molecule has 2 aliphatic rings. The molecule has 2 aliphatic heterocycles. The van der Waals surface area contributed by atoms with Crippen LogP contribution in [0.2, 0.25) is 0 Å². The summed E-state index contributed by atoms with van der Waals surface area (Å²) in [5.74, 6) is 0.303. The van der Waals surface area contributed by atoms with Crippen molar-refractivity contribution in [2.75, 3.05) is 44.6 Å². The van der Waals surface area contributed by atoms with Crippen LogP contribution < -0.4 is 20.5 Å². The van der Waals surface area contributed by atoms with Gasteiger partial charge in [0.1, 0.15) is 11.6 Å². The molecule has 0 spiro atoms. The first-order valence-corrected chi connectivity index (χ1v) is 10.5. The standard InChI is InChI=1S/C20H22N4O5S/c21-18(26)13-5-10-30-19(13)22-17(25)11-23-6-8-24(9-7-23)20(27)16-12-28-14-3-1-2-4-15(14)29-16/h1-5,10,16H,6-9,11-12H2,(H2,21,26)(H,22,25). The molecule has 0 radical (unpaired) electrons. The molecule has 0 bridgehead atoms. The van der Waals surface area contributed by atoms with Gasteiger partial charge in [-0.15, -0.1) is 11.3 Å². The van der Waals surface area contributed by atoms with E-state index in [4.69, 9.17) is 15.2 Å². The van der Waals surface area contributed by atoms with E-state index in [1.54, 1.807) is 22.4 Å². The summed E-state index contributed by atoms with van der Waals surface area (Å²) in [6, 6.07) is 8.86. The number of primary amides is 1. The zero-order chi connectivity index (χ0) is 21.1. The minimum atomic E-state index is -0.666. The van der Waals surface area contributed by atoms with Crippen molar-refractivity contribution in [1.82, 2.24) is 9.80 Å². The fraction of sp³-hybridized carbons (Fsp3) is 0.350. The Bertz CT molecular complexity index is 954. The Hall–Kier alpha value is -3.11. The van der Waals surface area contributed by atoms with Crippen LogP contribution in [0.5, 0.6) is 11.5 Å². The molecule has 0 saturated carbocycles. The summed E-state index contributed by atoms with van der Waals surface area (Å²) >= 11 is 1.25. The van der Waals surface area contributed by atoms with E-state index in [0.717, 1.165) is 0 Å². The summed E-state index contributed by atoms with van der Waals surface area (Å²) in [5, 5.41) is 4.89. The first-order chi connectivity index (χ1) is 14.5. The number of benzene rings is 1. The first-order valence-electron chi connectivity index (χ1n) is 9.58. The zero-order valence-electron chi connectivity index (χ0n) is 16.2. The number of hydrogen-bond donors (Lipinski definition) is 2. The van der Waals surface area contributed by atoms with Crippen molar-refractivity contribution < 1.29 is 23.9 Å². The normalized spacial score (nSPS) is 18.7. The summed E-state index contributed by atoms with van der Waals surface area (Å²) in [4.78, 5) is 40.2. The third kappa shape index (κ3) is 4.39. The van der Waals surface area contributed by atoms with Crippen LogP contribution in [0.1, 0.15) is 10.4 Å². The van der Waals surface area contributed by atoms with Crippen LogP contribution in [0.3, 0.4) is 0 Å². The van der Waals surface area contributed by atoms with Crippen LogP contribution in [0, 0.1) is 0 Å². The van der Waals surface area contributed by atoms with E-state index >= 15 is 0 Å². The summed E-state index contributed by atoms with van der Waals surface area (Å²) in [5.41, 5.74) is 5.61. The van der Waals surface area contributed by atoms with Gasteiger partial charge in [0.05, 0.1) is 12.1 Å². The number of para-hydroxylation sites is 2. The summed E-state index contributed by atoms with van der Waals surface area (Å²) in [6.07, 6.45) is -0.666. The second kappa shape index (κ2) is 8.72. The molecule has 1 fully saturated rings. The average molecular weight is 430 g/mol. The van der Waals surface area contributed by atoms with E-state index < -0.39 is 12.0 Å². The molecule has 3 heterocycles. The number of ether oxygens (including phenoxy) is 2. The Morgan fingerprint density at radius 2 is 1.83 bits per heavy atom. The lowest BCUT2D eigenvalue weighted by Crippen LogP contribution is -2.54. The van der Waals surface area contributed by atoms with Gasteiger partial charge < -0.3 is 25.4 Å². The molecule has 1 saturated heterocycles. The Kier molecular flexibility index (Phi) is 5.86. The van der Waals surface area contributed by atoms with Gasteiger partial charge in [-0.05, 0) is 23.6 Å². The molecular weight excluding hydrogens is 408 g/mol. The Morgan fingerprint density at radius 1 is 1.10 bits per heavy atom. The highest BCUT2D eigenvalue weighted by Crippen LogP contribution is 2.31. The Morgan fingerprint density at radius 3 is 2.57 bits per heavy atom. The van der Waals surface area contributed by atoms with Crippen molar-refractivity contribution in [3.05, 3.63) is 41.3 Å². The highest BCUT2D eigenvalue weighted by molar-refractivity contribution is 7.14. The number of nitrogens with one attached hydrogen (secondary N) is 1. The molecular formula is C20H22N4O5S. The van der Waals surface area contributed by atoms with Gasteiger partial charge >= 0.3 is 0 Å². The number of nitrogens with zero attached hydrogens (tertiary/aromatic N) is 2. The van der Waals surface area contributed by atoms with Gasteiger partial charge in [0.25, 0.3) is 11.8 Å². The fourth-order valence-corrected chi connectivity index (χ4v) is 4.25. The molecule has 0 aliphatic carbocycles. The van der Waals surface area contributed by atoms with Crippen LogP contribution in [-0.4, -0.2) is 73.0 Å². The highest BCUT2D eigenvalue weighted by Gasteiger charge is 2.33. The minimum Gasteiger partial charge on any atom is -0.485 e. The lowest BCUT2D eigenvalue weighted by Gasteiger charge is -2.36. The van der Waals surface area contributed by atoms with E-state index in [2.05, 4.69) is 5.32 Å². The largest absolute Gasteiger partial charge is 0.485 e. The summed E-state index contributed by atoms with van der Waals surface area (Å²) in [7, 11) is 0. The second-order valence-corrected chi connectivity index (χ2v) is 7.96. The van der Waals surface area contributed by atoms with Gasteiger partial charge in [-0.25, -0.2) is 0 Å². The van der Waals surface area contributed by atoms with Crippen molar-refractivity contribution in [3.8, 4) is 11.5 Å². The third-order valence-electron chi connectivity index (χ3n) is 5.02. The van der Waals surface area contributed by atoms with Gasteiger partial charge in [0.2, 0.25) is 12.0 Å². The Labute approximate surface area is 177 Å². The van der Waals surface area contributed by atoms with Gasteiger partial charge in [-0.2, -0.15) is 0 Å². The smallest absolute Gasteiger partial charge is 0.267 e. The van der Waals surface area contributed by atoms with Crippen molar-refractivity contribution in [2.45, 2.75) is 6.10 Å². The maximum atomic E-state index is 12.8. The monoisotopic (exact) mass is 430 g/mol. The second-order valence-electron chi connectivity index (χ2n) is 7.04. The van der Waals surface area contributed by atoms with E-state index in [0.29, 0.717) is 48.2 Å². The van der Waals surface area contributed by atoms with E-state index in [1.807, 2.05) is 23.1 Å². The average Bonchev–Trinajstić information content (AvgIpc) is 3.21. The first kappa shape index (κ1) is 20.2. The number of fused-ring (bicyclic) bond motifs is 1. The van der Waals surface area contributed by atoms with Crippen LogP contribution in [-0.2, 0) is 9.59 Å². The summed E-state index contributed by atoms with van der Waals surface area (Å²) in [6.45, 7) is 2.49. The van der Waals surface area contributed by atoms with E-state index in [-0.39, 0.29) is 25.0 Å². The molecule has 2 aromatic rings. The van der Waals surface area contributed by atoms with Crippen molar-refractivity contribution in [2.24, 2.45) is 5.73 Å². The molecule has 10 heteroatoms. The maximum absolute atomic E-state index is 12.8. The number of nitrogens with two attached hydrogens (primary N) is 1. The molecule has 3 N–H and O–H groups in total. The van der Waals surface area contributed by atoms with Gasteiger partial charge in [-0.3, -0.25) is 19.3 Å². The molecule has 1 aromatic heterocycles. The number of hydrogen-bond acceptors (Lipinski definition) is 7. The number of thiophene rings is 1. The minimum absolute atomic E-state index is 0.113. The molecule has 1 aromatic carbocycles. The molecule has 158 valence electrons. The van der Waals surface area contributed by atoms with Crippen LogP contribution in [0.4, 0.5) is 5.00 Å². The van der Waals surface area contributed by atoms with Crippen LogP contribution in [0.25, 0.3) is 0 Å². The number of anilines is 1. The maximum Gasteiger partial charge on any atom is 0.267 e. The number of amides is 3. The number of rotatable bonds is 5. The molecule has 30 heavy (non-hydrogen) atoms. The number of carbonyl (C=O) groups is 3. The lowest BCUT2D eigenvalue weighted by atomic mass is 10.2. The highest BCUT2D eigenvalue weighted by atomic mass is 32.1. The number of carbonyl (C=O) groups excluding carboxylic acids is 3. The zero-order valence-corrected chi connectivity index (χ0v) is 17.0. The van der Waals surface area contributed by atoms with Gasteiger partial charge in [0, 0.05) is 26.2 Å². The van der Waals surface area contributed by atoms with Crippen LogP contribution in [0.15, 0.2) is 35.7 Å². The fourth-order valence-electron chi connectivity index (χ4n) is 3.44. The molecule has 9 nitrogen and oxygen atoms in total. The van der Waals surface area contributed by atoms with Crippen molar-refractivity contribution in [3.63, 3.8) is 0 Å². The van der Waals surface area contributed by atoms with Gasteiger partial charge in [0.15, 0.2) is 11.5 Å². The quantitative estimate of drug-likeness (QED) is 0.724. The van der Waals surface area contributed by atoms with E-state index in [9.17, 15) is 14.4 Å². The number of piperazine rings is 1. The SMILES string of the molecule is NC(=O)c1ccsc1NC(=O)CN1CCN(C(=O)C2COc3ccccc3O2)CC1. The third-order valence-corrected chi connectivity index (χ3v) is 5.85. The predicted octanol–water partition coefficient (Wildman–Crippen LogP) is 0.770. The molecule has 1 unspecified atom stereocenters. The summed E-state index contributed by atoms with van der Waals surface area (Å²) < 4.78 is 11.4. The van der Waals surface area contributed by atoms with Crippen molar-refractivity contribution in [1.29, 1.82) is 0 Å².